The van der Waals surface area contributed by atoms with Gasteiger partial charge in [-0.15, -0.1) is 11.3 Å². The average molecular weight is 315 g/mol. The third-order valence-electron chi connectivity index (χ3n) is 4.53. The maximum Gasteiger partial charge on any atom is 0.256 e. The van der Waals surface area contributed by atoms with E-state index in [-0.39, 0.29) is 12.1 Å². The van der Waals surface area contributed by atoms with E-state index < -0.39 is 0 Å². The van der Waals surface area contributed by atoms with Crippen molar-refractivity contribution in [1.82, 2.24) is 10.3 Å². The molecule has 22 heavy (non-hydrogen) atoms. The van der Waals surface area contributed by atoms with Crippen LogP contribution in [-0.4, -0.2) is 24.0 Å². The Morgan fingerprint density at radius 1 is 1.45 bits per heavy atom. The SMILES string of the molecule is CC[NH+]1CCc2c(sc3c2C(=O)N[C@@H](c2cccnc2)N3)C1. The van der Waals surface area contributed by atoms with Crippen LogP contribution < -0.4 is 15.5 Å². The number of thiophene rings is 1. The van der Waals surface area contributed by atoms with Gasteiger partial charge in [0, 0.05) is 24.4 Å². The number of nitrogens with zero attached hydrogens (tertiary/aromatic N) is 1. The predicted molar refractivity (Wildman–Crippen MR) is 86.2 cm³/mol. The van der Waals surface area contributed by atoms with Crippen LogP contribution >= 0.6 is 11.3 Å². The van der Waals surface area contributed by atoms with Crippen molar-refractivity contribution in [3.8, 4) is 0 Å². The fraction of sp³-hybridized carbons (Fsp3) is 0.375. The number of hydrogen-bond acceptors (Lipinski definition) is 4. The van der Waals surface area contributed by atoms with Gasteiger partial charge in [0.05, 0.1) is 23.5 Å². The fourth-order valence-electron chi connectivity index (χ4n) is 3.26. The van der Waals surface area contributed by atoms with Gasteiger partial charge in [-0.1, -0.05) is 6.07 Å². The van der Waals surface area contributed by atoms with Crippen LogP contribution in [0.3, 0.4) is 0 Å². The van der Waals surface area contributed by atoms with Gasteiger partial charge in [-0.2, -0.15) is 0 Å². The molecule has 0 radical (unpaired) electrons. The van der Waals surface area contributed by atoms with Crippen molar-refractivity contribution in [3.63, 3.8) is 0 Å². The molecular formula is C16H19N4OS+. The highest BCUT2D eigenvalue weighted by Crippen LogP contribution is 2.38. The minimum absolute atomic E-state index is 0.0417. The largest absolute Gasteiger partial charge is 0.353 e. The summed E-state index contributed by atoms with van der Waals surface area (Å²) in [5.41, 5.74) is 3.11. The lowest BCUT2D eigenvalue weighted by molar-refractivity contribution is -0.913. The molecule has 0 aromatic carbocycles. The van der Waals surface area contributed by atoms with Crippen molar-refractivity contribution in [2.75, 3.05) is 18.4 Å². The summed E-state index contributed by atoms with van der Waals surface area (Å²) in [6.45, 7) is 5.51. The smallest absolute Gasteiger partial charge is 0.256 e. The molecule has 5 nitrogen and oxygen atoms in total. The predicted octanol–water partition coefficient (Wildman–Crippen LogP) is 0.958. The Morgan fingerprint density at radius 3 is 3.14 bits per heavy atom. The van der Waals surface area contributed by atoms with E-state index in [1.54, 1.807) is 28.6 Å². The molecule has 2 aliphatic rings. The number of quaternary nitrogens is 1. The zero-order valence-corrected chi connectivity index (χ0v) is 13.3. The van der Waals surface area contributed by atoms with E-state index in [1.807, 2.05) is 12.1 Å². The zero-order chi connectivity index (χ0) is 15.1. The summed E-state index contributed by atoms with van der Waals surface area (Å²) in [4.78, 5) is 19.7. The van der Waals surface area contributed by atoms with E-state index in [4.69, 9.17) is 0 Å². The topological polar surface area (TPSA) is 58.5 Å². The van der Waals surface area contributed by atoms with Crippen molar-refractivity contribution in [3.05, 3.63) is 46.1 Å². The molecule has 0 saturated carbocycles. The molecule has 1 unspecified atom stereocenters. The first-order valence-electron chi connectivity index (χ1n) is 7.71. The van der Waals surface area contributed by atoms with Crippen LogP contribution in [0.5, 0.6) is 0 Å². The number of nitrogens with one attached hydrogen (secondary N) is 3. The Kier molecular flexibility index (Phi) is 3.35. The van der Waals surface area contributed by atoms with Crippen molar-refractivity contribution >= 4 is 22.2 Å². The van der Waals surface area contributed by atoms with Crippen LogP contribution in [0.25, 0.3) is 0 Å². The molecule has 4 rings (SSSR count). The van der Waals surface area contributed by atoms with E-state index in [2.05, 4.69) is 22.5 Å². The van der Waals surface area contributed by atoms with Gasteiger partial charge in [0.15, 0.2) is 0 Å². The lowest BCUT2D eigenvalue weighted by Crippen LogP contribution is -3.11. The number of amides is 1. The molecule has 1 amide bonds. The second kappa shape index (κ2) is 5.37. The maximum absolute atomic E-state index is 12.6. The summed E-state index contributed by atoms with van der Waals surface area (Å²) in [5, 5.41) is 7.54. The summed E-state index contributed by atoms with van der Waals surface area (Å²) in [6, 6.07) is 3.87. The number of rotatable bonds is 2. The van der Waals surface area contributed by atoms with Gasteiger partial charge in [0.25, 0.3) is 5.91 Å². The first-order chi connectivity index (χ1) is 10.8. The van der Waals surface area contributed by atoms with Gasteiger partial charge in [-0.05, 0) is 18.6 Å². The lowest BCUT2D eigenvalue weighted by atomic mass is 10.0. The van der Waals surface area contributed by atoms with Crippen molar-refractivity contribution in [2.45, 2.75) is 26.1 Å². The van der Waals surface area contributed by atoms with Crippen molar-refractivity contribution < 1.29 is 9.69 Å². The highest BCUT2D eigenvalue weighted by atomic mass is 32.1. The molecule has 2 aromatic rings. The maximum atomic E-state index is 12.6. The minimum atomic E-state index is -0.191. The van der Waals surface area contributed by atoms with E-state index >= 15 is 0 Å². The van der Waals surface area contributed by atoms with E-state index in [0.29, 0.717) is 0 Å². The van der Waals surface area contributed by atoms with Gasteiger partial charge in [0.1, 0.15) is 17.7 Å². The number of pyridine rings is 1. The third-order valence-corrected chi connectivity index (χ3v) is 5.69. The molecule has 2 aromatic heterocycles. The number of hydrogen-bond donors (Lipinski definition) is 3. The molecule has 6 heteroatoms. The molecule has 0 bridgehead atoms. The number of carbonyl (C=O) groups excluding carboxylic acids is 1. The van der Waals surface area contributed by atoms with Crippen molar-refractivity contribution in [2.24, 2.45) is 0 Å². The molecule has 2 atom stereocenters. The van der Waals surface area contributed by atoms with E-state index in [9.17, 15) is 4.79 Å². The Labute approximate surface area is 133 Å². The standard InChI is InChI=1S/C16H18N4OS/c1-2-20-7-5-11-12(9-20)22-16-13(11)15(21)18-14(19-16)10-4-3-6-17-8-10/h3-4,6,8,14,19H,2,5,7,9H2,1H3,(H,18,21)/p+1/t14-/m1/s1. The molecule has 114 valence electrons. The minimum Gasteiger partial charge on any atom is -0.353 e. The van der Waals surface area contributed by atoms with E-state index in [0.717, 1.165) is 42.2 Å². The van der Waals surface area contributed by atoms with Gasteiger partial charge in [-0.25, -0.2) is 0 Å². The molecule has 0 saturated heterocycles. The first kappa shape index (κ1) is 13.7. The number of fused-ring (bicyclic) bond motifs is 3. The summed E-state index contributed by atoms with van der Waals surface area (Å²) >= 11 is 1.75. The Balaban J connectivity index is 1.68. The Hall–Kier alpha value is -1.92. The van der Waals surface area contributed by atoms with Crippen LogP contribution in [0.1, 0.15) is 39.5 Å². The second-order valence-corrected chi connectivity index (χ2v) is 6.93. The number of carbonyl (C=O) groups is 1. The Bertz CT molecular complexity index is 712. The zero-order valence-electron chi connectivity index (χ0n) is 12.5. The summed E-state index contributed by atoms with van der Waals surface area (Å²) in [7, 11) is 0. The highest BCUT2D eigenvalue weighted by molar-refractivity contribution is 7.16. The normalized spacial score (nSPS) is 23.2. The highest BCUT2D eigenvalue weighted by Gasteiger charge is 2.34. The molecule has 4 heterocycles. The summed E-state index contributed by atoms with van der Waals surface area (Å²) in [5.74, 6) is 0.0417. The van der Waals surface area contributed by atoms with E-state index in [1.165, 1.54) is 10.4 Å². The van der Waals surface area contributed by atoms with Crippen molar-refractivity contribution in [1.29, 1.82) is 0 Å². The lowest BCUT2D eigenvalue weighted by Gasteiger charge is -2.27. The third kappa shape index (κ3) is 2.19. The van der Waals surface area contributed by atoms with Crippen LogP contribution in [-0.2, 0) is 13.0 Å². The summed E-state index contributed by atoms with van der Waals surface area (Å²) < 4.78 is 0. The molecule has 3 N–H and O–H groups in total. The molecule has 0 spiro atoms. The Morgan fingerprint density at radius 2 is 2.36 bits per heavy atom. The number of likely N-dealkylation sites (N-methyl/N-ethyl adjacent to an activating group) is 1. The van der Waals surface area contributed by atoms with Crippen LogP contribution in [0.15, 0.2) is 24.5 Å². The van der Waals surface area contributed by atoms with Crippen LogP contribution in [0.2, 0.25) is 0 Å². The fourth-order valence-corrected chi connectivity index (χ4v) is 4.61. The first-order valence-corrected chi connectivity index (χ1v) is 8.53. The number of anilines is 1. The van der Waals surface area contributed by atoms with Crippen LogP contribution in [0, 0.1) is 0 Å². The number of aromatic nitrogens is 1. The van der Waals surface area contributed by atoms with Crippen LogP contribution in [0.4, 0.5) is 5.00 Å². The van der Waals surface area contributed by atoms with Gasteiger partial charge >= 0.3 is 0 Å². The quantitative estimate of drug-likeness (QED) is 0.774. The molecule has 0 aliphatic carbocycles. The monoisotopic (exact) mass is 315 g/mol. The van der Waals surface area contributed by atoms with Gasteiger partial charge in [0.2, 0.25) is 0 Å². The second-order valence-electron chi connectivity index (χ2n) is 5.83. The average Bonchev–Trinajstić information content (AvgIpc) is 2.93. The summed E-state index contributed by atoms with van der Waals surface area (Å²) in [6.07, 6.45) is 4.34. The van der Waals surface area contributed by atoms with Gasteiger partial charge in [-0.3, -0.25) is 9.78 Å². The molecule has 2 aliphatic heterocycles. The molecular weight excluding hydrogens is 296 g/mol. The van der Waals surface area contributed by atoms with Gasteiger partial charge < -0.3 is 15.5 Å². The molecule has 0 fully saturated rings.